The molecule has 0 saturated carbocycles. The Labute approximate surface area is 132 Å². The maximum absolute atomic E-state index is 12.4. The number of hydrogen-bond acceptors (Lipinski definition) is 3. The fourth-order valence-corrected chi connectivity index (χ4v) is 2.42. The Balaban J connectivity index is 2.01. The lowest BCUT2D eigenvalue weighted by molar-refractivity contribution is 0.101. The molecule has 2 aromatic carbocycles. The molecule has 114 valence electrons. The normalized spacial score (nSPS) is 10.5. The fourth-order valence-electron chi connectivity index (χ4n) is 2.42. The first-order valence-electron chi connectivity index (χ1n) is 7.09. The van der Waals surface area contributed by atoms with Gasteiger partial charge >= 0.3 is 0 Å². The summed E-state index contributed by atoms with van der Waals surface area (Å²) < 4.78 is 0. The highest BCUT2D eigenvalue weighted by Gasteiger charge is 2.15. The van der Waals surface area contributed by atoms with Crippen LogP contribution < -0.4 is 10.7 Å². The van der Waals surface area contributed by atoms with Crippen LogP contribution in [0.25, 0.3) is 10.9 Å². The number of Topliss-reactive ketones (excluding diaryl/α,β-unsaturated/α-hetero) is 1. The second-order valence-electron chi connectivity index (χ2n) is 5.13. The molecule has 3 aromatic rings. The van der Waals surface area contributed by atoms with Crippen molar-refractivity contribution < 1.29 is 9.59 Å². The number of para-hydroxylation sites is 2. The maximum Gasteiger partial charge on any atom is 0.261 e. The van der Waals surface area contributed by atoms with Gasteiger partial charge in [-0.2, -0.15) is 0 Å². The van der Waals surface area contributed by atoms with Crippen LogP contribution in [0, 0.1) is 0 Å². The summed E-state index contributed by atoms with van der Waals surface area (Å²) in [4.78, 5) is 39.4. The highest BCUT2D eigenvalue weighted by atomic mass is 16.2. The summed E-state index contributed by atoms with van der Waals surface area (Å²) >= 11 is 0. The number of aromatic nitrogens is 1. The molecule has 3 rings (SSSR count). The third-order valence-corrected chi connectivity index (χ3v) is 3.59. The number of anilines is 1. The molecule has 23 heavy (non-hydrogen) atoms. The first-order valence-corrected chi connectivity index (χ1v) is 7.09. The van der Waals surface area contributed by atoms with E-state index < -0.39 is 5.91 Å². The molecule has 1 aromatic heterocycles. The van der Waals surface area contributed by atoms with Gasteiger partial charge in [0, 0.05) is 22.7 Å². The Morgan fingerprint density at radius 1 is 0.957 bits per heavy atom. The molecule has 0 radical (unpaired) electrons. The lowest BCUT2D eigenvalue weighted by Crippen LogP contribution is -2.22. The monoisotopic (exact) mass is 306 g/mol. The van der Waals surface area contributed by atoms with Crippen LogP contribution >= 0.6 is 0 Å². The Kier molecular flexibility index (Phi) is 3.76. The number of nitrogens with one attached hydrogen (secondary N) is 2. The van der Waals surface area contributed by atoms with E-state index in [-0.39, 0.29) is 16.8 Å². The van der Waals surface area contributed by atoms with Crippen molar-refractivity contribution in [3.05, 3.63) is 76.1 Å². The molecule has 0 atom stereocenters. The topological polar surface area (TPSA) is 79.0 Å². The molecule has 0 aliphatic rings. The summed E-state index contributed by atoms with van der Waals surface area (Å²) in [7, 11) is 0. The largest absolute Gasteiger partial charge is 0.360 e. The number of hydrogen-bond donors (Lipinski definition) is 2. The minimum Gasteiger partial charge on any atom is -0.360 e. The molecule has 5 nitrogen and oxygen atoms in total. The maximum atomic E-state index is 12.4. The highest BCUT2D eigenvalue weighted by molar-refractivity contribution is 6.09. The van der Waals surface area contributed by atoms with Crippen molar-refractivity contribution in [1.29, 1.82) is 0 Å². The molecule has 1 amide bonds. The van der Waals surface area contributed by atoms with E-state index in [0.29, 0.717) is 22.2 Å². The number of benzene rings is 2. The van der Waals surface area contributed by atoms with Gasteiger partial charge < -0.3 is 10.3 Å². The van der Waals surface area contributed by atoms with Gasteiger partial charge in [0.1, 0.15) is 5.56 Å². The minimum absolute atomic E-state index is 0.00190. The van der Waals surface area contributed by atoms with E-state index in [1.54, 1.807) is 48.5 Å². The van der Waals surface area contributed by atoms with Crippen LogP contribution in [0.5, 0.6) is 0 Å². The molecule has 0 spiro atoms. The summed E-state index contributed by atoms with van der Waals surface area (Å²) in [6, 6.07) is 13.7. The van der Waals surface area contributed by atoms with Crippen molar-refractivity contribution in [3.8, 4) is 0 Å². The highest BCUT2D eigenvalue weighted by Crippen LogP contribution is 2.16. The predicted octanol–water partition coefficient (Wildman–Crippen LogP) is 2.98. The summed E-state index contributed by atoms with van der Waals surface area (Å²) in [6.45, 7) is 1.42. The van der Waals surface area contributed by atoms with Crippen LogP contribution in [0.15, 0.2) is 59.5 Å². The third-order valence-electron chi connectivity index (χ3n) is 3.59. The Morgan fingerprint density at radius 3 is 2.43 bits per heavy atom. The van der Waals surface area contributed by atoms with Gasteiger partial charge in [0.2, 0.25) is 5.43 Å². The van der Waals surface area contributed by atoms with E-state index in [1.807, 2.05) is 0 Å². The predicted molar refractivity (Wildman–Crippen MR) is 89.0 cm³/mol. The van der Waals surface area contributed by atoms with Gasteiger partial charge in [0.15, 0.2) is 5.78 Å². The molecule has 0 aliphatic heterocycles. The number of aromatic amines is 1. The van der Waals surface area contributed by atoms with Crippen molar-refractivity contribution in [1.82, 2.24) is 4.98 Å². The molecule has 1 heterocycles. The smallest absolute Gasteiger partial charge is 0.261 e. The van der Waals surface area contributed by atoms with Gasteiger partial charge in [0.25, 0.3) is 5.91 Å². The number of carbonyl (C=O) groups is 2. The molecule has 5 heteroatoms. The zero-order valence-electron chi connectivity index (χ0n) is 12.4. The van der Waals surface area contributed by atoms with Crippen molar-refractivity contribution in [2.24, 2.45) is 0 Å². The van der Waals surface area contributed by atoms with Gasteiger partial charge in [-0.15, -0.1) is 0 Å². The van der Waals surface area contributed by atoms with Crippen LogP contribution in [-0.4, -0.2) is 16.7 Å². The number of fused-ring (bicyclic) bond motifs is 1. The van der Waals surface area contributed by atoms with E-state index >= 15 is 0 Å². The number of rotatable bonds is 3. The molecule has 0 bridgehead atoms. The zero-order valence-corrected chi connectivity index (χ0v) is 12.4. The average Bonchev–Trinajstić information content (AvgIpc) is 2.55. The van der Waals surface area contributed by atoms with E-state index in [4.69, 9.17) is 0 Å². The number of carbonyl (C=O) groups excluding carboxylic acids is 2. The third kappa shape index (κ3) is 2.76. The SMILES string of the molecule is CC(=O)c1ccccc1NC(=O)c1c[nH]c2ccccc2c1=O. The van der Waals surface area contributed by atoms with Crippen LogP contribution in [0.2, 0.25) is 0 Å². The standard InChI is InChI=1S/C18H14N2O3/c1-11(21)12-6-2-5-9-16(12)20-18(23)14-10-19-15-8-4-3-7-13(15)17(14)22/h2-10H,1H3,(H,19,22)(H,20,23). The van der Waals surface area contributed by atoms with Crippen molar-refractivity contribution in [3.63, 3.8) is 0 Å². The molecule has 0 aliphatic carbocycles. The quantitative estimate of drug-likeness (QED) is 0.730. The van der Waals surface area contributed by atoms with Crippen LogP contribution in [0.1, 0.15) is 27.6 Å². The molecule has 0 unspecified atom stereocenters. The lowest BCUT2D eigenvalue weighted by atomic mass is 10.1. The summed E-state index contributed by atoms with van der Waals surface area (Å²) in [5.74, 6) is -0.709. The van der Waals surface area contributed by atoms with E-state index in [2.05, 4.69) is 10.3 Å². The van der Waals surface area contributed by atoms with Gasteiger partial charge in [0.05, 0.1) is 5.69 Å². The first kappa shape index (κ1) is 14.7. The van der Waals surface area contributed by atoms with E-state index in [0.717, 1.165) is 0 Å². The van der Waals surface area contributed by atoms with Crippen LogP contribution in [0.4, 0.5) is 5.69 Å². The number of amides is 1. The van der Waals surface area contributed by atoms with Gasteiger partial charge in [-0.3, -0.25) is 14.4 Å². The molecule has 0 fully saturated rings. The number of ketones is 1. The second-order valence-corrected chi connectivity index (χ2v) is 5.13. The Morgan fingerprint density at radius 2 is 1.65 bits per heavy atom. The number of pyridine rings is 1. The summed E-state index contributed by atoms with van der Waals surface area (Å²) in [5, 5.41) is 3.08. The fraction of sp³-hybridized carbons (Fsp3) is 0.0556. The Bertz CT molecular complexity index is 973. The lowest BCUT2D eigenvalue weighted by Gasteiger charge is -2.09. The Hall–Kier alpha value is -3.21. The second kappa shape index (κ2) is 5.88. The summed E-state index contributed by atoms with van der Waals surface area (Å²) in [6.07, 6.45) is 1.39. The van der Waals surface area contributed by atoms with Crippen LogP contribution in [0.3, 0.4) is 0 Å². The van der Waals surface area contributed by atoms with Crippen molar-refractivity contribution >= 4 is 28.3 Å². The summed E-state index contributed by atoms with van der Waals surface area (Å²) in [5.41, 5.74) is 1.10. The van der Waals surface area contributed by atoms with Gasteiger partial charge in [-0.05, 0) is 31.2 Å². The number of H-pyrrole nitrogens is 1. The minimum atomic E-state index is -0.550. The van der Waals surface area contributed by atoms with Crippen molar-refractivity contribution in [2.45, 2.75) is 6.92 Å². The van der Waals surface area contributed by atoms with E-state index in [9.17, 15) is 14.4 Å². The first-order chi connectivity index (χ1) is 11.1. The van der Waals surface area contributed by atoms with E-state index in [1.165, 1.54) is 13.1 Å². The van der Waals surface area contributed by atoms with Gasteiger partial charge in [-0.1, -0.05) is 24.3 Å². The molecular formula is C18H14N2O3. The van der Waals surface area contributed by atoms with Gasteiger partial charge in [-0.25, -0.2) is 0 Å². The molecule has 2 N–H and O–H groups in total. The van der Waals surface area contributed by atoms with Crippen LogP contribution in [-0.2, 0) is 0 Å². The average molecular weight is 306 g/mol. The zero-order chi connectivity index (χ0) is 16.4. The molecular weight excluding hydrogens is 292 g/mol. The molecule has 0 saturated heterocycles. The van der Waals surface area contributed by atoms with Crippen molar-refractivity contribution in [2.75, 3.05) is 5.32 Å².